The molecule has 6 heteroatoms. The first-order valence-electron chi connectivity index (χ1n) is 5.69. The second-order valence-electron chi connectivity index (χ2n) is 4.73. The first-order chi connectivity index (χ1) is 7.52. The highest BCUT2D eigenvalue weighted by Gasteiger charge is 2.39. The van der Waals surface area contributed by atoms with Gasteiger partial charge in [0.05, 0.1) is 17.6 Å². The molecular formula is C10H19NO3S2. The first kappa shape index (κ1) is 12.7. The minimum atomic E-state index is -3.03. The number of sulfone groups is 1. The summed E-state index contributed by atoms with van der Waals surface area (Å²) in [4.78, 5) is 0. The normalized spacial score (nSPS) is 42.6. The van der Waals surface area contributed by atoms with E-state index in [4.69, 9.17) is 0 Å². The van der Waals surface area contributed by atoms with Gasteiger partial charge in [0.25, 0.3) is 0 Å². The lowest BCUT2D eigenvalue weighted by atomic mass is 10.1. The van der Waals surface area contributed by atoms with Crippen molar-refractivity contribution in [2.24, 2.45) is 0 Å². The maximum atomic E-state index is 11.4. The molecule has 4 atom stereocenters. The lowest BCUT2D eigenvalue weighted by molar-refractivity contribution is 0.159. The van der Waals surface area contributed by atoms with E-state index >= 15 is 0 Å². The van der Waals surface area contributed by atoms with Gasteiger partial charge in [-0.2, -0.15) is 11.8 Å². The van der Waals surface area contributed by atoms with Crippen LogP contribution in [-0.4, -0.2) is 54.7 Å². The van der Waals surface area contributed by atoms with Crippen molar-refractivity contribution in [2.45, 2.75) is 42.7 Å². The van der Waals surface area contributed by atoms with Gasteiger partial charge in [-0.25, -0.2) is 8.42 Å². The van der Waals surface area contributed by atoms with E-state index in [2.05, 4.69) is 11.6 Å². The Kier molecular flexibility index (Phi) is 3.83. The van der Waals surface area contributed by atoms with Gasteiger partial charge in [-0.1, -0.05) is 6.42 Å². The predicted molar refractivity (Wildman–Crippen MR) is 66.5 cm³/mol. The van der Waals surface area contributed by atoms with Crippen LogP contribution in [0.5, 0.6) is 0 Å². The van der Waals surface area contributed by atoms with Crippen molar-refractivity contribution >= 4 is 21.6 Å². The van der Waals surface area contributed by atoms with Crippen molar-refractivity contribution in [1.82, 2.24) is 5.32 Å². The Morgan fingerprint density at radius 2 is 2.00 bits per heavy atom. The van der Waals surface area contributed by atoms with Crippen LogP contribution in [0.1, 0.15) is 19.3 Å². The maximum absolute atomic E-state index is 11.4. The molecule has 4 unspecified atom stereocenters. The molecule has 1 saturated heterocycles. The molecule has 4 nitrogen and oxygen atoms in total. The molecule has 94 valence electrons. The lowest BCUT2D eigenvalue weighted by Crippen LogP contribution is -2.47. The van der Waals surface area contributed by atoms with Crippen LogP contribution < -0.4 is 5.32 Å². The molecule has 1 saturated carbocycles. The Morgan fingerprint density at radius 1 is 1.25 bits per heavy atom. The van der Waals surface area contributed by atoms with Crippen LogP contribution in [0.25, 0.3) is 0 Å². The molecule has 0 aromatic rings. The fourth-order valence-corrected chi connectivity index (χ4v) is 5.36. The number of aliphatic hydroxyl groups excluding tert-OH is 1. The van der Waals surface area contributed by atoms with E-state index in [1.807, 2.05) is 11.8 Å². The summed E-state index contributed by atoms with van der Waals surface area (Å²) in [5, 5.41) is 13.6. The largest absolute Gasteiger partial charge is 0.390 e. The Balaban J connectivity index is 1.95. The first-order valence-corrected chi connectivity index (χ1v) is 8.80. The standard InChI is InChI=1S/C10H19NO3S2/c1-15-10-4-2-3-7(10)11-8-5-16(13,14)6-9(8)12/h7-12H,2-6H2,1H3. The molecular weight excluding hydrogens is 246 g/mol. The number of thioether (sulfide) groups is 1. The Hall–Kier alpha value is 0.220. The molecule has 16 heavy (non-hydrogen) atoms. The van der Waals surface area contributed by atoms with Crippen LogP contribution in [-0.2, 0) is 9.84 Å². The molecule has 2 aliphatic rings. The monoisotopic (exact) mass is 265 g/mol. The van der Waals surface area contributed by atoms with Crippen molar-refractivity contribution in [1.29, 1.82) is 0 Å². The fourth-order valence-electron chi connectivity index (χ4n) is 2.66. The van der Waals surface area contributed by atoms with E-state index in [1.54, 1.807) is 0 Å². The minimum Gasteiger partial charge on any atom is -0.390 e. The van der Waals surface area contributed by atoms with E-state index in [0.29, 0.717) is 11.3 Å². The second-order valence-corrected chi connectivity index (χ2v) is 7.96. The minimum absolute atomic E-state index is 0.0820. The summed E-state index contributed by atoms with van der Waals surface area (Å²) in [5.41, 5.74) is 0. The third-order valence-electron chi connectivity index (χ3n) is 3.51. The third-order valence-corrected chi connectivity index (χ3v) is 6.39. The molecule has 0 amide bonds. The van der Waals surface area contributed by atoms with Crippen LogP contribution in [0.3, 0.4) is 0 Å². The maximum Gasteiger partial charge on any atom is 0.154 e. The van der Waals surface area contributed by atoms with E-state index in [-0.39, 0.29) is 17.5 Å². The van der Waals surface area contributed by atoms with Gasteiger partial charge in [-0.05, 0) is 19.1 Å². The van der Waals surface area contributed by atoms with E-state index < -0.39 is 15.9 Å². The summed E-state index contributed by atoms with van der Waals surface area (Å²) in [7, 11) is -3.03. The summed E-state index contributed by atoms with van der Waals surface area (Å²) in [6, 6.07) is 0.102. The molecule has 1 aliphatic carbocycles. The SMILES string of the molecule is CSC1CCCC1NC1CS(=O)(=O)CC1O. The molecule has 0 aromatic carbocycles. The van der Waals surface area contributed by atoms with Crippen LogP contribution in [0.2, 0.25) is 0 Å². The number of hydrogen-bond donors (Lipinski definition) is 2. The second kappa shape index (κ2) is 4.84. The molecule has 1 aliphatic heterocycles. The molecule has 2 fully saturated rings. The number of rotatable bonds is 3. The lowest BCUT2D eigenvalue weighted by Gasteiger charge is -2.24. The van der Waals surface area contributed by atoms with Crippen LogP contribution in [0.4, 0.5) is 0 Å². The van der Waals surface area contributed by atoms with E-state index in [1.165, 1.54) is 12.8 Å². The fraction of sp³-hybridized carbons (Fsp3) is 1.00. The Morgan fingerprint density at radius 3 is 2.56 bits per heavy atom. The van der Waals surface area contributed by atoms with Gasteiger partial charge >= 0.3 is 0 Å². The van der Waals surface area contributed by atoms with Gasteiger partial charge in [-0.3, -0.25) is 0 Å². The quantitative estimate of drug-likeness (QED) is 0.753. The molecule has 1 heterocycles. The average molecular weight is 265 g/mol. The number of hydrogen-bond acceptors (Lipinski definition) is 5. The van der Waals surface area contributed by atoms with Crippen LogP contribution in [0, 0.1) is 0 Å². The smallest absolute Gasteiger partial charge is 0.154 e. The van der Waals surface area contributed by atoms with Crippen LogP contribution >= 0.6 is 11.8 Å². The van der Waals surface area contributed by atoms with Gasteiger partial charge in [0.15, 0.2) is 9.84 Å². The Labute approximate surface area is 101 Å². The topological polar surface area (TPSA) is 66.4 Å². The van der Waals surface area contributed by atoms with Crippen molar-refractivity contribution in [3.8, 4) is 0 Å². The number of nitrogens with one attached hydrogen (secondary N) is 1. The summed E-state index contributed by atoms with van der Waals surface area (Å²) in [6.07, 6.45) is 4.84. The highest BCUT2D eigenvalue weighted by molar-refractivity contribution is 7.99. The summed E-state index contributed by atoms with van der Waals surface area (Å²) < 4.78 is 22.7. The van der Waals surface area contributed by atoms with Crippen molar-refractivity contribution in [3.63, 3.8) is 0 Å². The van der Waals surface area contributed by atoms with Gasteiger partial charge in [0, 0.05) is 17.3 Å². The van der Waals surface area contributed by atoms with Gasteiger partial charge in [0.2, 0.25) is 0 Å². The summed E-state index contributed by atoms with van der Waals surface area (Å²) >= 11 is 1.83. The molecule has 0 aromatic heterocycles. The van der Waals surface area contributed by atoms with E-state index in [0.717, 1.165) is 6.42 Å². The zero-order chi connectivity index (χ0) is 11.8. The Bertz CT molecular complexity index is 344. The summed E-state index contributed by atoms with van der Waals surface area (Å²) in [6.45, 7) is 0. The highest BCUT2D eigenvalue weighted by atomic mass is 32.2. The van der Waals surface area contributed by atoms with Crippen molar-refractivity contribution in [3.05, 3.63) is 0 Å². The van der Waals surface area contributed by atoms with Gasteiger partial charge in [0.1, 0.15) is 0 Å². The van der Waals surface area contributed by atoms with Crippen molar-refractivity contribution < 1.29 is 13.5 Å². The molecule has 2 N–H and O–H groups in total. The zero-order valence-electron chi connectivity index (χ0n) is 9.43. The molecule has 0 bridgehead atoms. The number of aliphatic hydroxyl groups is 1. The highest BCUT2D eigenvalue weighted by Crippen LogP contribution is 2.29. The molecule has 2 rings (SSSR count). The summed E-state index contributed by atoms with van der Waals surface area (Å²) in [5.74, 6) is 0.00703. The molecule has 0 radical (unpaired) electrons. The molecule has 0 spiro atoms. The average Bonchev–Trinajstić information content (AvgIpc) is 2.71. The van der Waals surface area contributed by atoms with Crippen LogP contribution in [0.15, 0.2) is 0 Å². The van der Waals surface area contributed by atoms with E-state index in [9.17, 15) is 13.5 Å². The zero-order valence-corrected chi connectivity index (χ0v) is 11.1. The third kappa shape index (κ3) is 2.72. The predicted octanol–water partition coefficient (Wildman–Crippen LogP) is 0.0180. The van der Waals surface area contributed by atoms with Gasteiger partial charge < -0.3 is 10.4 Å². The van der Waals surface area contributed by atoms with Crippen molar-refractivity contribution in [2.75, 3.05) is 17.8 Å². The van der Waals surface area contributed by atoms with Gasteiger partial charge in [-0.15, -0.1) is 0 Å².